The van der Waals surface area contributed by atoms with Crippen LogP contribution < -0.4 is 5.32 Å². The molecule has 2 aromatic rings. The molecule has 0 fully saturated rings. The van der Waals surface area contributed by atoms with Crippen molar-refractivity contribution in [1.29, 1.82) is 0 Å². The van der Waals surface area contributed by atoms with Crippen LogP contribution in [0.2, 0.25) is 10.0 Å². The maximum absolute atomic E-state index is 13.9. The van der Waals surface area contributed by atoms with Crippen molar-refractivity contribution in [2.45, 2.75) is 25.1 Å². The fraction of sp³-hybridized carbons (Fsp3) is 0.222. The summed E-state index contributed by atoms with van der Waals surface area (Å²) < 4.78 is 41.8. The van der Waals surface area contributed by atoms with Gasteiger partial charge in [0.1, 0.15) is 0 Å². The molecule has 0 aromatic heterocycles. The second kappa shape index (κ2) is 7.05. The molecule has 1 unspecified atom stereocenters. The molecule has 142 valence electrons. The minimum absolute atomic E-state index is 0.0674. The lowest BCUT2D eigenvalue weighted by atomic mass is 9.86. The van der Waals surface area contributed by atoms with E-state index in [1.54, 1.807) is 24.3 Å². The minimum atomic E-state index is -4.75. The number of nitrogens with one attached hydrogen (secondary N) is 1. The number of amides is 1. The van der Waals surface area contributed by atoms with Crippen LogP contribution in [0.5, 0.6) is 0 Å². The van der Waals surface area contributed by atoms with Crippen molar-refractivity contribution in [3.8, 4) is 0 Å². The minimum Gasteiger partial charge on any atom is -0.374 e. The van der Waals surface area contributed by atoms with Gasteiger partial charge in [-0.25, -0.2) is 0 Å². The van der Waals surface area contributed by atoms with Crippen LogP contribution in [-0.2, 0) is 15.2 Å². The smallest absolute Gasteiger partial charge is 0.374 e. The normalized spacial score (nSPS) is 19.4. The third-order valence-electron chi connectivity index (χ3n) is 4.05. The van der Waals surface area contributed by atoms with Gasteiger partial charge in [0.2, 0.25) is 5.91 Å². The molecule has 1 heterocycles. The maximum atomic E-state index is 13.9. The van der Waals surface area contributed by atoms with Crippen molar-refractivity contribution in [2.24, 2.45) is 5.16 Å². The highest BCUT2D eigenvalue weighted by Gasteiger charge is 2.62. The van der Waals surface area contributed by atoms with Gasteiger partial charge in [0.05, 0.1) is 5.71 Å². The largest absolute Gasteiger partial charge is 0.435 e. The molecule has 1 N–H and O–H groups in total. The summed E-state index contributed by atoms with van der Waals surface area (Å²) in [5, 5.41) is 6.39. The van der Waals surface area contributed by atoms with Gasteiger partial charge in [-0.05, 0) is 35.9 Å². The van der Waals surface area contributed by atoms with Gasteiger partial charge in [-0.2, -0.15) is 13.2 Å². The summed E-state index contributed by atoms with van der Waals surface area (Å²) in [7, 11) is 0. The summed E-state index contributed by atoms with van der Waals surface area (Å²) in [5.41, 5.74) is -1.80. The Bertz CT molecular complexity index is 894. The number of rotatable bonds is 3. The SMILES string of the molecule is CC(=O)Nc1ccc(C2=NOC(c3cc(Cl)cc(Cl)c3)(C(F)(F)F)C2)cc1. The number of carbonyl (C=O) groups excluding carboxylic acids is 1. The Labute approximate surface area is 162 Å². The number of anilines is 1. The van der Waals surface area contributed by atoms with E-state index < -0.39 is 18.2 Å². The zero-order valence-corrected chi connectivity index (χ0v) is 15.4. The standard InChI is InChI=1S/C18H13Cl2F3N2O2/c1-10(26)24-15-4-2-11(3-5-15)16-9-17(27-25-16,18(21,22)23)12-6-13(19)8-14(20)7-12/h2-8H,9H2,1H3,(H,24,26). The van der Waals surface area contributed by atoms with E-state index in [1.807, 2.05) is 0 Å². The number of alkyl halides is 3. The summed E-state index contributed by atoms with van der Waals surface area (Å²) in [6.07, 6.45) is -5.28. The Kier molecular flexibility index (Phi) is 5.10. The predicted octanol–water partition coefficient (Wildman–Crippen LogP) is 5.53. The molecule has 0 aliphatic carbocycles. The Morgan fingerprint density at radius 2 is 1.74 bits per heavy atom. The first-order valence-corrected chi connectivity index (χ1v) is 8.53. The van der Waals surface area contributed by atoms with E-state index in [0.717, 1.165) is 0 Å². The van der Waals surface area contributed by atoms with E-state index in [4.69, 9.17) is 28.0 Å². The first-order valence-electron chi connectivity index (χ1n) is 7.77. The molecular formula is C18H13Cl2F3N2O2. The number of hydrogen-bond donors (Lipinski definition) is 1. The fourth-order valence-corrected chi connectivity index (χ4v) is 3.32. The summed E-state index contributed by atoms with van der Waals surface area (Å²) in [6.45, 7) is 1.36. The van der Waals surface area contributed by atoms with Crippen molar-refractivity contribution in [2.75, 3.05) is 5.32 Å². The van der Waals surface area contributed by atoms with Crippen LogP contribution in [0.25, 0.3) is 0 Å². The van der Waals surface area contributed by atoms with Crippen molar-refractivity contribution >= 4 is 40.5 Å². The second-order valence-corrected chi connectivity index (χ2v) is 6.92. The fourth-order valence-electron chi connectivity index (χ4n) is 2.79. The van der Waals surface area contributed by atoms with Crippen molar-refractivity contribution in [3.05, 3.63) is 63.6 Å². The van der Waals surface area contributed by atoms with Crippen LogP contribution >= 0.6 is 23.2 Å². The van der Waals surface area contributed by atoms with Crippen LogP contribution in [0.4, 0.5) is 18.9 Å². The van der Waals surface area contributed by atoms with Gasteiger partial charge in [0.15, 0.2) is 0 Å². The van der Waals surface area contributed by atoms with E-state index in [-0.39, 0.29) is 27.2 Å². The third-order valence-corrected chi connectivity index (χ3v) is 4.49. The molecule has 9 heteroatoms. The van der Waals surface area contributed by atoms with Crippen molar-refractivity contribution in [1.82, 2.24) is 0 Å². The first kappa shape index (κ1) is 19.5. The highest BCUT2D eigenvalue weighted by molar-refractivity contribution is 6.34. The molecule has 0 saturated heterocycles. The average molecular weight is 417 g/mol. The molecule has 0 spiro atoms. The molecule has 2 aromatic carbocycles. The number of halogens is 5. The van der Waals surface area contributed by atoms with E-state index >= 15 is 0 Å². The van der Waals surface area contributed by atoms with Gasteiger partial charge in [0.25, 0.3) is 5.60 Å². The Balaban J connectivity index is 1.94. The summed E-state index contributed by atoms with van der Waals surface area (Å²) in [5.74, 6) is -0.252. The highest BCUT2D eigenvalue weighted by Crippen LogP contribution is 2.49. The molecule has 1 aliphatic rings. The molecule has 0 saturated carbocycles. The number of carbonyl (C=O) groups is 1. The topological polar surface area (TPSA) is 50.7 Å². The third kappa shape index (κ3) is 3.89. The molecule has 0 radical (unpaired) electrons. The Morgan fingerprint density at radius 3 is 2.26 bits per heavy atom. The van der Waals surface area contributed by atoms with E-state index in [1.165, 1.54) is 25.1 Å². The summed E-state index contributed by atoms with van der Waals surface area (Å²) in [6, 6.07) is 9.94. The average Bonchev–Trinajstić information content (AvgIpc) is 3.00. The number of nitrogens with zero attached hydrogens (tertiary/aromatic N) is 1. The quantitative estimate of drug-likeness (QED) is 0.714. The van der Waals surface area contributed by atoms with E-state index in [9.17, 15) is 18.0 Å². The monoisotopic (exact) mass is 416 g/mol. The van der Waals surface area contributed by atoms with Gasteiger partial charge in [-0.15, -0.1) is 0 Å². The van der Waals surface area contributed by atoms with Crippen LogP contribution in [0.1, 0.15) is 24.5 Å². The van der Waals surface area contributed by atoms with Crippen LogP contribution in [-0.4, -0.2) is 17.8 Å². The predicted molar refractivity (Wildman–Crippen MR) is 97.2 cm³/mol. The number of benzene rings is 2. The molecule has 4 nitrogen and oxygen atoms in total. The van der Waals surface area contributed by atoms with Crippen LogP contribution in [0.3, 0.4) is 0 Å². The Hall–Kier alpha value is -2.25. The van der Waals surface area contributed by atoms with Crippen LogP contribution in [0.15, 0.2) is 47.6 Å². The number of hydrogen-bond acceptors (Lipinski definition) is 3. The second-order valence-electron chi connectivity index (χ2n) is 6.05. The first-order chi connectivity index (χ1) is 12.6. The lowest BCUT2D eigenvalue weighted by molar-refractivity contribution is -0.275. The molecule has 1 amide bonds. The van der Waals surface area contributed by atoms with Gasteiger partial charge in [-0.1, -0.05) is 40.5 Å². The maximum Gasteiger partial charge on any atom is 0.435 e. The molecular weight excluding hydrogens is 404 g/mol. The van der Waals surface area contributed by atoms with Crippen molar-refractivity contribution < 1.29 is 22.8 Å². The summed E-state index contributed by atoms with van der Waals surface area (Å²) in [4.78, 5) is 16.0. The van der Waals surface area contributed by atoms with E-state index in [0.29, 0.717) is 11.3 Å². The zero-order chi connectivity index (χ0) is 19.8. The Morgan fingerprint density at radius 1 is 1.15 bits per heavy atom. The lowest BCUT2D eigenvalue weighted by Gasteiger charge is -2.29. The summed E-state index contributed by atoms with van der Waals surface area (Å²) >= 11 is 11.7. The molecule has 1 aliphatic heterocycles. The van der Waals surface area contributed by atoms with Crippen LogP contribution in [0, 0.1) is 0 Å². The van der Waals surface area contributed by atoms with Gasteiger partial charge >= 0.3 is 6.18 Å². The molecule has 1 atom stereocenters. The lowest BCUT2D eigenvalue weighted by Crippen LogP contribution is -2.42. The molecule has 3 rings (SSSR count). The van der Waals surface area contributed by atoms with Gasteiger partial charge < -0.3 is 10.2 Å². The van der Waals surface area contributed by atoms with Gasteiger partial charge in [0, 0.05) is 34.6 Å². The van der Waals surface area contributed by atoms with E-state index in [2.05, 4.69) is 10.5 Å². The highest BCUT2D eigenvalue weighted by atomic mass is 35.5. The zero-order valence-electron chi connectivity index (χ0n) is 13.9. The van der Waals surface area contributed by atoms with Crippen molar-refractivity contribution in [3.63, 3.8) is 0 Å². The number of oxime groups is 1. The molecule has 0 bridgehead atoms. The van der Waals surface area contributed by atoms with Gasteiger partial charge in [-0.3, -0.25) is 4.79 Å². The molecule has 27 heavy (non-hydrogen) atoms.